The Morgan fingerprint density at radius 1 is 1.30 bits per heavy atom. The molecule has 0 N–H and O–H groups in total. The molecule has 6 heteroatoms. The van der Waals surface area contributed by atoms with Gasteiger partial charge < -0.3 is 9.32 Å². The van der Waals surface area contributed by atoms with Crippen LogP contribution in [0.25, 0.3) is 6.08 Å². The molecule has 1 aromatic heterocycles. The molecule has 2 aliphatic rings. The first-order valence-electron chi connectivity index (χ1n) is 6.71. The Labute approximate surface area is 127 Å². The van der Waals surface area contributed by atoms with Crippen molar-refractivity contribution in [1.82, 2.24) is 4.90 Å². The van der Waals surface area contributed by atoms with Gasteiger partial charge in [0.25, 0.3) is 5.91 Å². The van der Waals surface area contributed by atoms with E-state index in [9.17, 15) is 4.79 Å². The van der Waals surface area contributed by atoms with Crippen molar-refractivity contribution in [2.75, 3.05) is 25.0 Å². The Hall–Kier alpha value is -1.27. The molecule has 2 fully saturated rings. The van der Waals surface area contributed by atoms with Crippen LogP contribution in [0.3, 0.4) is 0 Å². The third kappa shape index (κ3) is 2.62. The summed E-state index contributed by atoms with van der Waals surface area (Å²) in [6, 6.07) is 3.88. The molecule has 0 spiro atoms. The smallest absolute Gasteiger partial charge is 0.266 e. The highest BCUT2D eigenvalue weighted by Gasteiger charge is 2.29. The number of likely N-dealkylation sites (N-methyl/N-ethyl adjacent to an activating group) is 1. The van der Waals surface area contributed by atoms with E-state index in [0.717, 1.165) is 19.0 Å². The predicted octanol–water partition coefficient (Wildman–Crippen LogP) is 3.10. The maximum absolute atomic E-state index is 11.9. The zero-order chi connectivity index (χ0) is 14.1. The van der Waals surface area contributed by atoms with Crippen LogP contribution in [0.5, 0.6) is 0 Å². The summed E-state index contributed by atoms with van der Waals surface area (Å²) in [6.07, 6.45) is 5.49. The highest BCUT2D eigenvalue weighted by atomic mass is 32.2. The summed E-state index contributed by atoms with van der Waals surface area (Å²) in [5.41, 5.74) is 0. The van der Waals surface area contributed by atoms with Crippen LogP contribution < -0.4 is 4.90 Å². The zero-order valence-corrected chi connectivity index (χ0v) is 12.9. The second kappa shape index (κ2) is 5.61. The van der Waals surface area contributed by atoms with Crippen LogP contribution in [-0.4, -0.2) is 35.3 Å². The topological polar surface area (TPSA) is 36.7 Å². The number of amides is 1. The molecular weight excluding hydrogens is 292 g/mol. The molecule has 0 aliphatic carbocycles. The fraction of sp³-hybridized carbons (Fsp3) is 0.429. The van der Waals surface area contributed by atoms with Crippen LogP contribution in [-0.2, 0) is 4.79 Å². The fourth-order valence-corrected chi connectivity index (χ4v) is 3.54. The molecule has 4 nitrogen and oxygen atoms in total. The fourth-order valence-electron chi connectivity index (χ4n) is 2.38. The van der Waals surface area contributed by atoms with Crippen molar-refractivity contribution < 1.29 is 9.21 Å². The molecule has 0 atom stereocenters. The van der Waals surface area contributed by atoms with Gasteiger partial charge in [-0.2, -0.15) is 0 Å². The van der Waals surface area contributed by atoms with Gasteiger partial charge in [-0.1, -0.05) is 24.0 Å². The van der Waals surface area contributed by atoms with E-state index in [-0.39, 0.29) is 5.91 Å². The molecule has 2 aliphatic heterocycles. The molecule has 0 bridgehead atoms. The van der Waals surface area contributed by atoms with Crippen molar-refractivity contribution in [1.29, 1.82) is 0 Å². The van der Waals surface area contributed by atoms with Gasteiger partial charge in [-0.25, -0.2) is 0 Å². The van der Waals surface area contributed by atoms with E-state index in [2.05, 4.69) is 4.90 Å². The summed E-state index contributed by atoms with van der Waals surface area (Å²) in [7, 11) is 1.69. The molecule has 0 unspecified atom stereocenters. The average molecular weight is 308 g/mol. The number of furan rings is 1. The van der Waals surface area contributed by atoms with Crippen molar-refractivity contribution in [2.45, 2.75) is 19.3 Å². The summed E-state index contributed by atoms with van der Waals surface area (Å²) in [4.78, 5) is 16.3. The number of thioether (sulfide) groups is 1. The number of thiocarbonyl (C=S) groups is 1. The van der Waals surface area contributed by atoms with E-state index in [0.29, 0.717) is 15.0 Å². The minimum atomic E-state index is -0.0593. The van der Waals surface area contributed by atoms with Crippen molar-refractivity contribution in [3.05, 3.63) is 22.8 Å². The second-order valence-corrected chi connectivity index (χ2v) is 6.64. The number of rotatable bonds is 2. The van der Waals surface area contributed by atoms with E-state index in [4.69, 9.17) is 16.6 Å². The quantitative estimate of drug-likeness (QED) is 0.620. The van der Waals surface area contributed by atoms with Crippen LogP contribution >= 0.6 is 24.0 Å². The Morgan fingerprint density at radius 3 is 2.70 bits per heavy atom. The molecule has 1 amide bonds. The monoisotopic (exact) mass is 308 g/mol. The number of carbonyl (C=O) groups is 1. The predicted molar refractivity (Wildman–Crippen MR) is 85.7 cm³/mol. The summed E-state index contributed by atoms with van der Waals surface area (Å²) in [6.45, 7) is 2.09. The summed E-state index contributed by atoms with van der Waals surface area (Å²) in [5.74, 6) is 1.54. The third-order valence-corrected chi connectivity index (χ3v) is 5.02. The Bertz CT molecular complexity index is 573. The van der Waals surface area contributed by atoms with Gasteiger partial charge >= 0.3 is 0 Å². The van der Waals surface area contributed by atoms with Gasteiger partial charge in [-0.3, -0.25) is 9.69 Å². The van der Waals surface area contributed by atoms with Crippen molar-refractivity contribution in [3.8, 4) is 0 Å². The lowest BCUT2D eigenvalue weighted by Crippen LogP contribution is -2.28. The van der Waals surface area contributed by atoms with Crippen LogP contribution in [0.1, 0.15) is 25.0 Å². The number of carbonyl (C=O) groups excluding carboxylic acids is 1. The van der Waals surface area contributed by atoms with Gasteiger partial charge in [0.15, 0.2) is 5.88 Å². The van der Waals surface area contributed by atoms with Gasteiger partial charge in [0, 0.05) is 32.3 Å². The minimum absolute atomic E-state index is 0.0593. The first kappa shape index (κ1) is 13.7. The minimum Gasteiger partial charge on any atom is -0.441 e. The molecule has 106 valence electrons. The molecule has 2 saturated heterocycles. The number of nitrogens with zero attached hydrogens (tertiary/aromatic N) is 2. The van der Waals surface area contributed by atoms with E-state index >= 15 is 0 Å². The van der Waals surface area contributed by atoms with E-state index in [1.165, 1.54) is 35.9 Å². The Kier molecular flexibility index (Phi) is 3.85. The van der Waals surface area contributed by atoms with E-state index < -0.39 is 0 Å². The van der Waals surface area contributed by atoms with Gasteiger partial charge in [-0.05, 0) is 25.3 Å². The zero-order valence-electron chi connectivity index (χ0n) is 11.3. The maximum Gasteiger partial charge on any atom is 0.266 e. The Morgan fingerprint density at radius 2 is 2.05 bits per heavy atom. The SMILES string of the molecule is CN1C(=O)/C(=C/c2ccc(N3CCCCC3)o2)SC1=S. The van der Waals surface area contributed by atoms with Gasteiger partial charge in [0.1, 0.15) is 10.1 Å². The largest absolute Gasteiger partial charge is 0.441 e. The maximum atomic E-state index is 11.9. The lowest BCUT2D eigenvalue weighted by molar-refractivity contribution is -0.121. The first-order chi connectivity index (χ1) is 9.65. The highest BCUT2D eigenvalue weighted by molar-refractivity contribution is 8.26. The molecule has 3 rings (SSSR count). The number of hydrogen-bond acceptors (Lipinski definition) is 5. The van der Waals surface area contributed by atoms with Crippen molar-refractivity contribution >= 4 is 46.2 Å². The number of hydrogen-bond donors (Lipinski definition) is 0. The second-order valence-electron chi connectivity index (χ2n) is 4.96. The van der Waals surface area contributed by atoms with Gasteiger partial charge in [-0.15, -0.1) is 0 Å². The normalized spacial score (nSPS) is 22.1. The molecule has 0 saturated carbocycles. The number of anilines is 1. The van der Waals surface area contributed by atoms with Gasteiger partial charge in [0.05, 0.1) is 4.91 Å². The van der Waals surface area contributed by atoms with Crippen molar-refractivity contribution in [2.24, 2.45) is 0 Å². The van der Waals surface area contributed by atoms with E-state index in [1.807, 2.05) is 12.1 Å². The molecule has 0 aromatic carbocycles. The van der Waals surface area contributed by atoms with Crippen molar-refractivity contribution in [3.63, 3.8) is 0 Å². The lowest BCUT2D eigenvalue weighted by Gasteiger charge is -2.25. The lowest BCUT2D eigenvalue weighted by atomic mass is 10.1. The summed E-state index contributed by atoms with van der Waals surface area (Å²) < 4.78 is 6.41. The average Bonchev–Trinajstić information content (AvgIpc) is 3.02. The molecule has 1 aromatic rings. The molecular formula is C14H16N2O2S2. The molecule has 0 radical (unpaired) electrons. The van der Waals surface area contributed by atoms with E-state index in [1.54, 1.807) is 13.1 Å². The third-order valence-electron chi connectivity index (χ3n) is 3.54. The highest BCUT2D eigenvalue weighted by Crippen LogP contribution is 2.32. The van der Waals surface area contributed by atoms with Crippen LogP contribution in [0.4, 0.5) is 5.88 Å². The first-order valence-corrected chi connectivity index (χ1v) is 7.94. The van der Waals surface area contributed by atoms with Gasteiger partial charge in [0.2, 0.25) is 0 Å². The standard InChI is InChI=1S/C14H16N2O2S2/c1-15-13(17)11(20-14(15)19)9-10-5-6-12(18-10)16-7-3-2-4-8-16/h5-6,9H,2-4,7-8H2,1H3/b11-9-. The summed E-state index contributed by atoms with van der Waals surface area (Å²) >= 11 is 6.42. The number of piperidine rings is 1. The van der Waals surface area contributed by atoms with Crippen LogP contribution in [0.15, 0.2) is 21.5 Å². The van der Waals surface area contributed by atoms with Crippen LogP contribution in [0.2, 0.25) is 0 Å². The van der Waals surface area contributed by atoms with Crippen LogP contribution in [0, 0.1) is 0 Å². The summed E-state index contributed by atoms with van der Waals surface area (Å²) in [5, 5.41) is 0. The Balaban J connectivity index is 1.77. The molecule has 20 heavy (non-hydrogen) atoms. The molecule has 3 heterocycles.